The van der Waals surface area contributed by atoms with Gasteiger partial charge in [0.05, 0.1) is 7.11 Å². The van der Waals surface area contributed by atoms with Crippen LogP contribution in [-0.4, -0.2) is 13.4 Å². The van der Waals surface area contributed by atoms with E-state index in [2.05, 4.69) is 11.1 Å². The van der Waals surface area contributed by atoms with Gasteiger partial charge in [-0.05, 0) is 6.07 Å². The number of hydroxylamine groups is 1. The van der Waals surface area contributed by atoms with E-state index in [1.165, 1.54) is 6.34 Å². The van der Waals surface area contributed by atoms with Gasteiger partial charge in [-0.25, -0.2) is 0 Å². The lowest BCUT2D eigenvalue weighted by molar-refractivity contribution is -0.655. The number of benzene rings is 1. The molecule has 1 aromatic rings. The van der Waals surface area contributed by atoms with E-state index >= 15 is 0 Å². The highest BCUT2D eigenvalue weighted by Gasteiger charge is 2.15. The summed E-state index contributed by atoms with van der Waals surface area (Å²) in [7, 11) is 1.54. The minimum absolute atomic E-state index is 0.0719. The summed E-state index contributed by atoms with van der Waals surface area (Å²) < 4.78 is 4.92. The first kappa shape index (κ1) is 7.27. The van der Waals surface area contributed by atoms with Crippen molar-refractivity contribution in [2.24, 2.45) is 4.99 Å². The fourth-order valence-electron chi connectivity index (χ4n) is 1.08. The smallest absolute Gasteiger partial charge is 0.194 e. The maximum Gasteiger partial charge on any atom is 0.194 e. The number of aliphatic imine (C=N–C) groups is 1. The summed E-state index contributed by atoms with van der Waals surface area (Å²) in [6.07, 6.45) is 1.30. The Morgan fingerprint density at radius 1 is 1.67 bits per heavy atom. The van der Waals surface area contributed by atoms with E-state index in [4.69, 9.17) is 4.74 Å². The highest BCUT2D eigenvalue weighted by Crippen LogP contribution is 2.27. The van der Waals surface area contributed by atoms with Gasteiger partial charge in [-0.2, -0.15) is 4.99 Å². The summed E-state index contributed by atoms with van der Waals surface area (Å²) in [4.78, 5) is 3.89. The molecule has 1 aliphatic rings. The highest BCUT2D eigenvalue weighted by molar-refractivity contribution is 5.73. The molecule has 4 nitrogen and oxygen atoms in total. The molecule has 1 heterocycles. The average Bonchev–Trinajstić information content (AvgIpc) is 2.47. The Hall–Kier alpha value is -1.39. The Kier molecular flexibility index (Phi) is 1.56. The Balaban J connectivity index is 2.48. The maximum atomic E-state index is 11.1. The first-order valence-electron chi connectivity index (χ1n) is 3.49. The van der Waals surface area contributed by atoms with E-state index in [1.807, 2.05) is 0 Å². The van der Waals surface area contributed by atoms with Crippen LogP contribution in [0.4, 0.5) is 11.4 Å². The number of rotatable bonds is 1. The molecule has 0 aliphatic carbocycles. The summed E-state index contributed by atoms with van der Waals surface area (Å²) >= 11 is 0. The molecule has 0 saturated carbocycles. The molecular weight excluding hydrogens is 156 g/mol. The molecule has 0 aromatic heterocycles. The van der Waals surface area contributed by atoms with Gasteiger partial charge >= 0.3 is 0 Å². The van der Waals surface area contributed by atoms with Gasteiger partial charge in [0.1, 0.15) is 11.4 Å². The molecule has 0 amide bonds. The maximum absolute atomic E-state index is 11.1. The molecule has 1 aliphatic heterocycles. The van der Waals surface area contributed by atoms with Gasteiger partial charge in [0.15, 0.2) is 12.0 Å². The third kappa shape index (κ3) is 0.975. The van der Waals surface area contributed by atoms with Gasteiger partial charge < -0.3 is 9.94 Å². The monoisotopic (exact) mass is 163 g/mol. The molecule has 2 rings (SSSR count). The summed E-state index contributed by atoms with van der Waals surface area (Å²) in [6, 6.07) is 6.14. The Labute approximate surface area is 69.7 Å². The van der Waals surface area contributed by atoms with Crippen molar-refractivity contribution in [1.82, 2.24) is 0 Å². The van der Waals surface area contributed by atoms with Crippen molar-refractivity contribution in [3.8, 4) is 5.75 Å². The van der Waals surface area contributed by atoms with E-state index in [1.54, 1.807) is 19.2 Å². The van der Waals surface area contributed by atoms with Crippen LogP contribution in [0.25, 0.3) is 0 Å². The van der Waals surface area contributed by atoms with Crippen molar-refractivity contribution >= 4 is 17.7 Å². The van der Waals surface area contributed by atoms with E-state index < -0.39 is 0 Å². The Morgan fingerprint density at radius 3 is 3.25 bits per heavy atom. The van der Waals surface area contributed by atoms with E-state index in [-0.39, 0.29) is 5.06 Å². The lowest BCUT2D eigenvalue weighted by Crippen LogP contribution is -2.99. The zero-order chi connectivity index (χ0) is 8.55. The summed E-state index contributed by atoms with van der Waals surface area (Å²) in [6.45, 7) is 0. The molecule has 4 heteroatoms. The number of fused-ring (bicyclic) bond motifs is 1. The Morgan fingerprint density at radius 2 is 2.50 bits per heavy atom. The predicted octanol–water partition coefficient (Wildman–Crippen LogP) is 0.183. The number of hydrogen-bond donors (Lipinski definition) is 1. The van der Waals surface area contributed by atoms with Crippen LogP contribution in [0.1, 0.15) is 0 Å². The van der Waals surface area contributed by atoms with Crippen LogP contribution < -0.4 is 9.80 Å². The van der Waals surface area contributed by atoms with Crippen LogP contribution in [0.5, 0.6) is 5.75 Å². The van der Waals surface area contributed by atoms with Gasteiger partial charge in [0, 0.05) is 12.1 Å². The molecule has 12 heavy (non-hydrogen) atoms. The largest absolute Gasteiger partial charge is 0.623 e. The van der Waals surface area contributed by atoms with Crippen LogP contribution in [0.3, 0.4) is 0 Å². The third-order valence-corrected chi connectivity index (χ3v) is 1.71. The molecule has 1 N–H and O–H groups in total. The lowest BCUT2D eigenvalue weighted by atomic mass is 10.2. The molecule has 1 aromatic carbocycles. The number of methoxy groups -OCH3 is 1. The SMILES string of the molecule is COc1[c]cc2c(c1)[NH+]([O-])C=N2. The Bertz CT molecular complexity index is 336. The average molecular weight is 163 g/mol. The van der Waals surface area contributed by atoms with Gasteiger partial charge in [-0.1, -0.05) is 0 Å². The molecular formula is C8H7N2O2. The molecule has 0 fully saturated rings. The summed E-state index contributed by atoms with van der Waals surface area (Å²) in [5, 5.41) is 11.0. The number of nitrogens with zero attached hydrogens (tertiary/aromatic N) is 1. The fraction of sp³-hybridized carbons (Fsp3) is 0.125. The highest BCUT2D eigenvalue weighted by atomic mass is 16.5. The molecule has 0 saturated heterocycles. The van der Waals surface area contributed by atoms with Crippen molar-refractivity contribution < 1.29 is 9.80 Å². The molecule has 1 unspecified atom stereocenters. The number of ether oxygens (including phenoxy) is 1. The van der Waals surface area contributed by atoms with Crippen molar-refractivity contribution in [3.05, 3.63) is 23.4 Å². The van der Waals surface area contributed by atoms with E-state index in [9.17, 15) is 5.21 Å². The van der Waals surface area contributed by atoms with Crippen molar-refractivity contribution in [2.75, 3.05) is 7.11 Å². The standard InChI is InChI=1S/C8H7N2O2/c1-12-6-2-3-7-8(4-6)10(11)5-9-7/h3-5,10H,1H3. The minimum atomic E-state index is -0.0719. The van der Waals surface area contributed by atoms with Gasteiger partial charge in [0.25, 0.3) is 0 Å². The van der Waals surface area contributed by atoms with Gasteiger partial charge in [-0.3, -0.25) is 5.06 Å². The number of nitrogens with one attached hydrogen (secondary N) is 1. The van der Waals surface area contributed by atoms with Crippen molar-refractivity contribution in [3.63, 3.8) is 0 Å². The number of hydrogen-bond acceptors (Lipinski definition) is 3. The van der Waals surface area contributed by atoms with E-state index in [0.29, 0.717) is 17.1 Å². The topological polar surface area (TPSA) is 49.1 Å². The lowest BCUT2D eigenvalue weighted by Gasteiger charge is -2.11. The third-order valence-electron chi connectivity index (χ3n) is 1.71. The van der Waals surface area contributed by atoms with Crippen LogP contribution in [0, 0.1) is 11.3 Å². The first-order chi connectivity index (χ1) is 5.81. The minimum Gasteiger partial charge on any atom is -0.623 e. The second-order valence-corrected chi connectivity index (χ2v) is 2.42. The zero-order valence-corrected chi connectivity index (χ0v) is 6.50. The molecule has 1 radical (unpaired) electrons. The fourth-order valence-corrected chi connectivity index (χ4v) is 1.08. The van der Waals surface area contributed by atoms with Gasteiger partial charge in [0.2, 0.25) is 0 Å². The molecule has 1 atom stereocenters. The predicted molar refractivity (Wildman–Crippen MR) is 44.0 cm³/mol. The molecule has 61 valence electrons. The normalized spacial score (nSPS) is 19.3. The van der Waals surface area contributed by atoms with E-state index in [0.717, 1.165) is 0 Å². The van der Waals surface area contributed by atoms with Crippen LogP contribution in [0.15, 0.2) is 17.1 Å². The zero-order valence-electron chi connectivity index (χ0n) is 6.50. The van der Waals surface area contributed by atoms with Crippen molar-refractivity contribution in [2.45, 2.75) is 0 Å². The molecule has 0 spiro atoms. The van der Waals surface area contributed by atoms with Crippen LogP contribution in [0.2, 0.25) is 0 Å². The summed E-state index contributed by atoms with van der Waals surface area (Å²) in [5.74, 6) is 0.563. The first-order valence-corrected chi connectivity index (χ1v) is 3.49. The van der Waals surface area contributed by atoms with Crippen LogP contribution in [-0.2, 0) is 0 Å². The second-order valence-electron chi connectivity index (χ2n) is 2.42. The van der Waals surface area contributed by atoms with Crippen molar-refractivity contribution in [1.29, 1.82) is 0 Å². The van der Waals surface area contributed by atoms with Gasteiger partial charge in [-0.15, -0.1) is 0 Å². The quantitative estimate of drug-likeness (QED) is 0.600. The molecule has 0 bridgehead atoms. The number of quaternary nitrogens is 1. The summed E-state index contributed by atoms with van der Waals surface area (Å²) in [5.41, 5.74) is 1.26. The second kappa shape index (κ2) is 2.58. The van der Waals surface area contributed by atoms with Crippen LogP contribution >= 0.6 is 0 Å².